The average Bonchev–Trinajstić information content (AvgIpc) is 3.05. The molecule has 4 rings (SSSR count). The topological polar surface area (TPSA) is 55.2 Å². The molecule has 2 saturated carbocycles. The predicted molar refractivity (Wildman–Crippen MR) is 101 cm³/mol. The van der Waals surface area contributed by atoms with Gasteiger partial charge in [-0.3, -0.25) is 14.2 Å². The van der Waals surface area contributed by atoms with Gasteiger partial charge in [-0.15, -0.1) is 0 Å². The van der Waals surface area contributed by atoms with Crippen molar-refractivity contribution in [1.82, 2.24) is 14.5 Å². The number of carbonyl (C=O) groups excluding carboxylic acids is 1. The zero-order valence-electron chi connectivity index (χ0n) is 16.4. The lowest BCUT2D eigenvalue weighted by molar-refractivity contribution is -0.139. The Morgan fingerprint density at radius 3 is 2.62 bits per heavy atom. The molecule has 0 unspecified atom stereocenters. The number of aryl methyl sites for hydroxylation is 1. The van der Waals surface area contributed by atoms with E-state index in [1.807, 2.05) is 11.8 Å². The minimum atomic E-state index is -0.376. The minimum Gasteiger partial charge on any atom is -0.341 e. The monoisotopic (exact) mass is 355 g/mol. The molecule has 2 fully saturated rings. The first-order valence-electron chi connectivity index (χ1n) is 9.73. The maximum Gasteiger partial charge on any atom is 0.256 e. The largest absolute Gasteiger partial charge is 0.341 e. The summed E-state index contributed by atoms with van der Waals surface area (Å²) >= 11 is 0. The van der Waals surface area contributed by atoms with Crippen LogP contribution < -0.4 is 5.56 Å². The van der Waals surface area contributed by atoms with Gasteiger partial charge < -0.3 is 4.90 Å². The van der Waals surface area contributed by atoms with Crippen molar-refractivity contribution < 1.29 is 4.79 Å². The Balaban J connectivity index is 1.61. The summed E-state index contributed by atoms with van der Waals surface area (Å²) in [4.78, 5) is 32.7. The van der Waals surface area contributed by atoms with Crippen LogP contribution in [0.5, 0.6) is 0 Å². The molecule has 5 heteroatoms. The maximum atomic E-state index is 13.6. The van der Waals surface area contributed by atoms with Gasteiger partial charge >= 0.3 is 0 Å². The van der Waals surface area contributed by atoms with Gasteiger partial charge in [-0.25, -0.2) is 4.98 Å². The normalized spacial score (nSPS) is 29.6. The Hall–Kier alpha value is -1.91. The lowest BCUT2D eigenvalue weighted by Gasteiger charge is -2.39. The fourth-order valence-corrected chi connectivity index (χ4v) is 5.50. The molecule has 1 aromatic rings. The second-order valence-corrected chi connectivity index (χ2v) is 8.96. The molecule has 2 bridgehead atoms. The van der Waals surface area contributed by atoms with Gasteiger partial charge in [-0.1, -0.05) is 26.0 Å². The van der Waals surface area contributed by atoms with Crippen molar-refractivity contribution in [1.29, 1.82) is 0 Å². The van der Waals surface area contributed by atoms with Crippen molar-refractivity contribution >= 4 is 5.91 Å². The smallest absolute Gasteiger partial charge is 0.256 e. The van der Waals surface area contributed by atoms with Crippen molar-refractivity contribution in [3.05, 3.63) is 39.6 Å². The molecular weight excluding hydrogens is 326 g/mol. The highest BCUT2D eigenvalue weighted by Gasteiger charge is 2.61. The van der Waals surface area contributed by atoms with Crippen LogP contribution in [0.4, 0.5) is 0 Å². The van der Waals surface area contributed by atoms with Crippen LogP contribution in [0.1, 0.15) is 50.2 Å². The van der Waals surface area contributed by atoms with Crippen molar-refractivity contribution in [3.63, 3.8) is 0 Å². The van der Waals surface area contributed by atoms with E-state index in [-0.39, 0.29) is 22.3 Å². The van der Waals surface area contributed by atoms with Crippen LogP contribution in [0, 0.1) is 23.7 Å². The van der Waals surface area contributed by atoms with E-state index in [1.54, 1.807) is 11.6 Å². The van der Waals surface area contributed by atoms with Gasteiger partial charge in [-0.05, 0) is 43.9 Å². The van der Waals surface area contributed by atoms with Crippen molar-refractivity contribution in [2.45, 2.75) is 52.9 Å². The van der Waals surface area contributed by atoms with Gasteiger partial charge in [0.1, 0.15) is 5.82 Å². The van der Waals surface area contributed by atoms with E-state index in [1.165, 1.54) is 0 Å². The number of hydrogen-bond donors (Lipinski definition) is 0. The van der Waals surface area contributed by atoms with Crippen LogP contribution in [-0.2, 0) is 24.7 Å². The minimum absolute atomic E-state index is 0.0345. The highest BCUT2D eigenvalue weighted by Crippen LogP contribution is 2.65. The molecular formula is C21H29N3O2. The van der Waals surface area contributed by atoms with E-state index >= 15 is 0 Å². The molecule has 1 amide bonds. The zero-order chi connectivity index (χ0) is 18.9. The molecule has 0 spiro atoms. The fraction of sp³-hybridized carbons (Fsp3) is 0.667. The predicted octanol–water partition coefficient (Wildman–Crippen LogP) is 2.40. The standard InChI is InChI=1S/C21H29N3O2/c1-13-20(3,4)15-6-9-21(13,12-15)19(26)24-10-7-16-17(8-11-24)22-14(2)23(5)18(16)25/h15H,1,6-12H2,2-5H3/t15-,21-/m0/s1. The molecule has 2 atom stereocenters. The van der Waals surface area contributed by atoms with Gasteiger partial charge in [-0.2, -0.15) is 0 Å². The number of fused-ring (bicyclic) bond motifs is 3. The van der Waals surface area contributed by atoms with Gasteiger partial charge in [0.15, 0.2) is 0 Å². The first-order valence-corrected chi connectivity index (χ1v) is 9.73. The lowest BCUT2D eigenvalue weighted by Crippen LogP contribution is -2.45. The Labute approximate surface area is 155 Å². The summed E-state index contributed by atoms with van der Waals surface area (Å²) in [5.74, 6) is 1.54. The van der Waals surface area contributed by atoms with Crippen LogP contribution in [-0.4, -0.2) is 33.4 Å². The molecule has 5 nitrogen and oxygen atoms in total. The highest BCUT2D eigenvalue weighted by atomic mass is 16.2. The molecule has 26 heavy (non-hydrogen) atoms. The number of amides is 1. The summed E-state index contributed by atoms with van der Waals surface area (Å²) in [6, 6.07) is 0. The van der Waals surface area contributed by atoms with E-state index in [2.05, 4.69) is 25.4 Å². The van der Waals surface area contributed by atoms with Crippen LogP contribution in [0.25, 0.3) is 0 Å². The summed E-state index contributed by atoms with van der Waals surface area (Å²) in [5.41, 5.74) is 2.48. The Bertz CT molecular complexity index is 867. The van der Waals surface area contributed by atoms with Crippen molar-refractivity contribution in [3.8, 4) is 0 Å². The second kappa shape index (κ2) is 5.54. The third kappa shape index (κ3) is 2.18. The first-order chi connectivity index (χ1) is 12.2. The second-order valence-electron chi connectivity index (χ2n) is 8.96. The van der Waals surface area contributed by atoms with Gasteiger partial charge in [0.05, 0.1) is 11.1 Å². The Morgan fingerprint density at radius 1 is 1.27 bits per heavy atom. The van der Waals surface area contributed by atoms with Gasteiger partial charge in [0, 0.05) is 32.1 Å². The molecule has 2 aliphatic carbocycles. The van der Waals surface area contributed by atoms with Crippen LogP contribution in [0.15, 0.2) is 16.9 Å². The molecule has 1 aliphatic heterocycles. The summed E-state index contributed by atoms with van der Waals surface area (Å²) in [5, 5.41) is 0. The first kappa shape index (κ1) is 17.5. The lowest BCUT2D eigenvalue weighted by atomic mass is 9.68. The number of hydrogen-bond acceptors (Lipinski definition) is 3. The SMILES string of the molecule is C=C1C(C)(C)[C@H]2CC[C@]1(C(=O)N1CCc3nc(C)n(C)c(=O)c3CC1)C2. The van der Waals surface area contributed by atoms with Crippen molar-refractivity contribution in [2.75, 3.05) is 13.1 Å². The quantitative estimate of drug-likeness (QED) is 0.727. The summed E-state index contributed by atoms with van der Waals surface area (Å²) in [6.45, 7) is 11.9. The zero-order valence-corrected chi connectivity index (χ0v) is 16.4. The van der Waals surface area contributed by atoms with E-state index in [9.17, 15) is 9.59 Å². The van der Waals surface area contributed by atoms with E-state index in [4.69, 9.17) is 0 Å². The molecule has 1 aromatic heterocycles. The summed E-state index contributed by atoms with van der Waals surface area (Å²) in [7, 11) is 1.76. The molecule has 140 valence electrons. The number of rotatable bonds is 1. The van der Waals surface area contributed by atoms with Crippen LogP contribution in [0.2, 0.25) is 0 Å². The third-order valence-corrected chi connectivity index (χ3v) is 7.53. The summed E-state index contributed by atoms with van der Waals surface area (Å²) in [6.07, 6.45) is 4.25. The Kier molecular flexibility index (Phi) is 3.73. The molecule has 0 aromatic carbocycles. The van der Waals surface area contributed by atoms with E-state index in [0.29, 0.717) is 31.8 Å². The van der Waals surface area contributed by atoms with Crippen LogP contribution >= 0.6 is 0 Å². The molecule has 2 heterocycles. The van der Waals surface area contributed by atoms with Crippen molar-refractivity contribution in [2.24, 2.45) is 23.8 Å². The molecule has 0 radical (unpaired) electrons. The van der Waals surface area contributed by atoms with E-state index in [0.717, 1.165) is 41.9 Å². The van der Waals surface area contributed by atoms with Gasteiger partial charge in [0.2, 0.25) is 5.91 Å². The number of carbonyl (C=O) groups is 1. The molecule has 0 saturated heterocycles. The van der Waals surface area contributed by atoms with Crippen LogP contribution in [0.3, 0.4) is 0 Å². The molecule has 3 aliphatic rings. The fourth-order valence-electron chi connectivity index (χ4n) is 5.50. The average molecular weight is 355 g/mol. The number of aromatic nitrogens is 2. The maximum absolute atomic E-state index is 13.6. The highest BCUT2D eigenvalue weighted by molar-refractivity contribution is 5.87. The number of nitrogens with zero attached hydrogens (tertiary/aromatic N) is 3. The van der Waals surface area contributed by atoms with Gasteiger partial charge in [0.25, 0.3) is 5.56 Å². The van der Waals surface area contributed by atoms with E-state index < -0.39 is 0 Å². The summed E-state index contributed by atoms with van der Waals surface area (Å²) < 4.78 is 1.61. The Morgan fingerprint density at radius 2 is 1.96 bits per heavy atom. The third-order valence-electron chi connectivity index (χ3n) is 7.53. The molecule has 0 N–H and O–H groups in total.